The van der Waals surface area contributed by atoms with E-state index in [2.05, 4.69) is 20.8 Å². The van der Waals surface area contributed by atoms with Gasteiger partial charge in [-0.2, -0.15) is 0 Å². The molecule has 0 bridgehead atoms. The largest absolute Gasteiger partial charge is 0.481 e. The van der Waals surface area contributed by atoms with Crippen LogP contribution in [0.1, 0.15) is 40.0 Å². The second-order valence-corrected chi connectivity index (χ2v) is 6.73. The average Bonchev–Trinajstić information content (AvgIpc) is 2.26. The van der Waals surface area contributed by atoms with Crippen LogP contribution in [0.25, 0.3) is 0 Å². The molecule has 110 valence electrons. The van der Waals surface area contributed by atoms with Crippen molar-refractivity contribution in [3.8, 4) is 0 Å². The molecule has 1 heterocycles. The van der Waals surface area contributed by atoms with Crippen molar-refractivity contribution in [2.75, 3.05) is 26.7 Å². The van der Waals surface area contributed by atoms with Crippen LogP contribution in [0.4, 0.5) is 4.79 Å². The molecule has 5 nitrogen and oxygen atoms in total. The molecule has 1 saturated heterocycles. The molecular weight excluding hydrogens is 244 g/mol. The number of amides is 2. The Bertz CT molecular complexity index is 328. The summed E-state index contributed by atoms with van der Waals surface area (Å²) in [5, 5.41) is 8.77. The number of carboxylic acids is 1. The zero-order valence-electron chi connectivity index (χ0n) is 12.5. The van der Waals surface area contributed by atoms with Crippen LogP contribution in [0.3, 0.4) is 0 Å². The van der Waals surface area contributed by atoms with Crippen molar-refractivity contribution in [2.24, 2.45) is 11.3 Å². The molecule has 0 aromatic heterocycles. The normalized spacial score (nSPS) is 17.4. The number of piperidine rings is 1. The third kappa shape index (κ3) is 5.49. The van der Waals surface area contributed by atoms with Gasteiger partial charge in [-0.3, -0.25) is 4.79 Å². The summed E-state index contributed by atoms with van der Waals surface area (Å²) in [5.74, 6) is -0.524. The van der Waals surface area contributed by atoms with E-state index in [0.717, 1.165) is 19.4 Å². The van der Waals surface area contributed by atoms with E-state index in [4.69, 9.17) is 5.11 Å². The fraction of sp³-hybridized carbons (Fsp3) is 0.857. The molecule has 19 heavy (non-hydrogen) atoms. The van der Waals surface area contributed by atoms with Gasteiger partial charge in [-0.1, -0.05) is 20.8 Å². The highest BCUT2D eigenvalue weighted by Crippen LogP contribution is 2.22. The van der Waals surface area contributed by atoms with Crippen LogP contribution in [-0.2, 0) is 4.79 Å². The Morgan fingerprint density at radius 2 is 1.79 bits per heavy atom. The molecular formula is C14H26N2O3. The summed E-state index contributed by atoms with van der Waals surface area (Å²) >= 11 is 0. The van der Waals surface area contributed by atoms with Gasteiger partial charge >= 0.3 is 12.0 Å². The summed E-state index contributed by atoms with van der Waals surface area (Å²) in [6, 6.07) is 0.0590. The summed E-state index contributed by atoms with van der Waals surface area (Å²) in [7, 11) is 1.83. The molecule has 1 aliphatic heterocycles. The maximum Gasteiger partial charge on any atom is 0.319 e. The molecule has 0 saturated carbocycles. The molecule has 1 fully saturated rings. The number of hydrogen-bond donors (Lipinski definition) is 1. The SMILES string of the molecule is CN(CC(C)(C)C)C(=O)N1CCC(CC(=O)O)CC1. The van der Waals surface area contributed by atoms with E-state index in [-0.39, 0.29) is 23.8 Å². The van der Waals surface area contributed by atoms with E-state index in [0.29, 0.717) is 13.1 Å². The smallest absolute Gasteiger partial charge is 0.319 e. The number of carbonyl (C=O) groups excluding carboxylic acids is 1. The van der Waals surface area contributed by atoms with Gasteiger partial charge in [0.2, 0.25) is 0 Å². The van der Waals surface area contributed by atoms with Gasteiger partial charge < -0.3 is 14.9 Å². The molecule has 2 amide bonds. The monoisotopic (exact) mass is 270 g/mol. The number of aliphatic carboxylic acids is 1. The Kier molecular flexibility index (Phi) is 5.20. The summed E-state index contributed by atoms with van der Waals surface area (Å²) in [4.78, 5) is 26.5. The minimum atomic E-state index is -0.741. The Morgan fingerprint density at radius 1 is 1.26 bits per heavy atom. The second kappa shape index (κ2) is 6.26. The van der Waals surface area contributed by atoms with E-state index in [1.807, 2.05) is 11.9 Å². The predicted molar refractivity (Wildman–Crippen MR) is 74.0 cm³/mol. The van der Waals surface area contributed by atoms with Crippen molar-refractivity contribution < 1.29 is 14.7 Å². The molecule has 0 aromatic rings. The van der Waals surface area contributed by atoms with Crippen LogP contribution >= 0.6 is 0 Å². The van der Waals surface area contributed by atoms with Gasteiger partial charge in [-0.15, -0.1) is 0 Å². The molecule has 5 heteroatoms. The lowest BCUT2D eigenvalue weighted by Gasteiger charge is -2.36. The van der Waals surface area contributed by atoms with Crippen molar-refractivity contribution in [1.82, 2.24) is 9.80 Å². The Hall–Kier alpha value is -1.26. The number of carboxylic acid groups (broad SMARTS) is 1. The second-order valence-electron chi connectivity index (χ2n) is 6.73. The van der Waals surface area contributed by atoms with Crippen LogP contribution in [-0.4, -0.2) is 53.6 Å². The maximum atomic E-state index is 12.2. The first kappa shape index (κ1) is 15.8. The van der Waals surface area contributed by atoms with Crippen LogP contribution in [0, 0.1) is 11.3 Å². The van der Waals surface area contributed by atoms with Crippen molar-refractivity contribution in [3.05, 3.63) is 0 Å². The molecule has 1 rings (SSSR count). The predicted octanol–water partition coefficient (Wildman–Crippen LogP) is 2.27. The lowest BCUT2D eigenvalue weighted by atomic mass is 9.93. The van der Waals surface area contributed by atoms with Crippen LogP contribution < -0.4 is 0 Å². The summed E-state index contributed by atoms with van der Waals surface area (Å²) in [6.45, 7) is 8.39. The summed E-state index contributed by atoms with van der Waals surface area (Å²) < 4.78 is 0. The Labute approximate surface area is 115 Å². The summed E-state index contributed by atoms with van der Waals surface area (Å²) in [6.07, 6.45) is 1.81. The minimum Gasteiger partial charge on any atom is -0.481 e. The fourth-order valence-electron chi connectivity index (χ4n) is 2.60. The van der Waals surface area contributed by atoms with Crippen LogP contribution in [0.15, 0.2) is 0 Å². The van der Waals surface area contributed by atoms with Crippen molar-refractivity contribution in [2.45, 2.75) is 40.0 Å². The van der Waals surface area contributed by atoms with Crippen LogP contribution in [0.5, 0.6) is 0 Å². The number of carbonyl (C=O) groups is 2. The van der Waals surface area contributed by atoms with Gasteiger partial charge in [0, 0.05) is 33.1 Å². The number of likely N-dealkylation sites (tertiary alicyclic amines) is 1. The highest BCUT2D eigenvalue weighted by Gasteiger charge is 2.27. The first-order valence-corrected chi connectivity index (χ1v) is 6.91. The molecule has 0 spiro atoms. The first-order valence-electron chi connectivity index (χ1n) is 6.91. The van der Waals surface area contributed by atoms with Crippen LogP contribution in [0.2, 0.25) is 0 Å². The fourth-order valence-corrected chi connectivity index (χ4v) is 2.60. The molecule has 0 aromatic carbocycles. The topological polar surface area (TPSA) is 60.9 Å². The zero-order valence-corrected chi connectivity index (χ0v) is 12.5. The number of nitrogens with zero attached hydrogens (tertiary/aromatic N) is 2. The lowest BCUT2D eigenvalue weighted by molar-refractivity contribution is -0.138. The van der Waals surface area contributed by atoms with Crippen molar-refractivity contribution in [1.29, 1.82) is 0 Å². The molecule has 0 aliphatic carbocycles. The van der Waals surface area contributed by atoms with Gasteiger partial charge in [0.1, 0.15) is 0 Å². The van der Waals surface area contributed by atoms with Gasteiger partial charge in [0.15, 0.2) is 0 Å². The highest BCUT2D eigenvalue weighted by atomic mass is 16.4. The van der Waals surface area contributed by atoms with Gasteiger partial charge in [0.25, 0.3) is 0 Å². The average molecular weight is 270 g/mol. The quantitative estimate of drug-likeness (QED) is 0.855. The number of hydrogen-bond acceptors (Lipinski definition) is 2. The molecule has 0 atom stereocenters. The Balaban J connectivity index is 2.42. The number of urea groups is 1. The third-order valence-electron chi connectivity index (χ3n) is 3.39. The van der Waals surface area contributed by atoms with E-state index in [1.54, 1.807) is 4.90 Å². The third-order valence-corrected chi connectivity index (χ3v) is 3.39. The molecule has 1 N–H and O–H groups in total. The van der Waals surface area contributed by atoms with Crippen molar-refractivity contribution in [3.63, 3.8) is 0 Å². The molecule has 0 radical (unpaired) electrons. The standard InChI is InChI=1S/C14H26N2O3/c1-14(2,3)10-15(4)13(19)16-7-5-11(6-8-16)9-12(17)18/h11H,5-10H2,1-4H3,(H,17,18). The Morgan fingerprint density at radius 3 is 2.21 bits per heavy atom. The van der Waals surface area contributed by atoms with E-state index in [9.17, 15) is 9.59 Å². The van der Waals surface area contributed by atoms with Crippen molar-refractivity contribution >= 4 is 12.0 Å². The van der Waals surface area contributed by atoms with Gasteiger partial charge in [-0.05, 0) is 24.2 Å². The molecule has 0 unspecified atom stereocenters. The minimum absolute atomic E-state index is 0.0590. The highest BCUT2D eigenvalue weighted by molar-refractivity contribution is 5.74. The van der Waals surface area contributed by atoms with Gasteiger partial charge in [0.05, 0.1) is 0 Å². The summed E-state index contributed by atoms with van der Waals surface area (Å²) in [5.41, 5.74) is 0.0893. The lowest BCUT2D eigenvalue weighted by Crippen LogP contribution is -2.47. The van der Waals surface area contributed by atoms with E-state index in [1.165, 1.54) is 0 Å². The van der Waals surface area contributed by atoms with E-state index < -0.39 is 5.97 Å². The molecule has 1 aliphatic rings. The first-order chi connectivity index (χ1) is 8.69. The van der Waals surface area contributed by atoms with Gasteiger partial charge in [-0.25, -0.2) is 4.79 Å². The maximum absolute atomic E-state index is 12.2. The number of rotatable bonds is 3. The zero-order chi connectivity index (χ0) is 14.6. The van der Waals surface area contributed by atoms with E-state index >= 15 is 0 Å².